The Morgan fingerprint density at radius 3 is 2.58 bits per heavy atom. The van der Waals surface area contributed by atoms with Crippen molar-refractivity contribution in [3.05, 3.63) is 54.1 Å². The van der Waals surface area contributed by atoms with Gasteiger partial charge in [0, 0.05) is 32.8 Å². The van der Waals surface area contributed by atoms with Crippen molar-refractivity contribution in [2.45, 2.75) is 25.3 Å². The van der Waals surface area contributed by atoms with Gasteiger partial charge in [-0.3, -0.25) is 14.3 Å². The van der Waals surface area contributed by atoms with Gasteiger partial charge in [0.15, 0.2) is 5.69 Å². The lowest BCUT2D eigenvalue weighted by Crippen LogP contribution is -2.27. The molecule has 0 bridgehead atoms. The number of aromatic nitrogens is 5. The summed E-state index contributed by atoms with van der Waals surface area (Å²) in [5.41, 5.74) is 2.81. The Hall–Kier alpha value is -3.86. The average Bonchev–Trinajstić information content (AvgIpc) is 3.59. The Morgan fingerprint density at radius 2 is 1.91 bits per heavy atom. The summed E-state index contributed by atoms with van der Waals surface area (Å²) in [5.74, 6) is -0.359. The molecule has 3 aromatic heterocycles. The van der Waals surface area contributed by atoms with Gasteiger partial charge in [0.25, 0.3) is 11.8 Å². The molecule has 1 aliphatic rings. The third-order valence-electron chi connectivity index (χ3n) is 5.17. The number of nitrogens with one attached hydrogen (secondary N) is 2. The van der Waals surface area contributed by atoms with Gasteiger partial charge in [0.05, 0.1) is 48.8 Å². The third-order valence-corrected chi connectivity index (χ3v) is 5.17. The van der Waals surface area contributed by atoms with Crippen LogP contribution in [0.2, 0.25) is 0 Å². The van der Waals surface area contributed by atoms with Crippen molar-refractivity contribution in [3.63, 3.8) is 0 Å². The lowest BCUT2D eigenvalue weighted by molar-refractivity contribution is 0.0813. The summed E-state index contributed by atoms with van der Waals surface area (Å²) in [6.07, 6.45) is 8.22. The number of anilines is 3. The van der Waals surface area contributed by atoms with Crippen molar-refractivity contribution in [2.24, 2.45) is 0 Å². The van der Waals surface area contributed by atoms with E-state index in [0.29, 0.717) is 36.1 Å². The van der Waals surface area contributed by atoms with Crippen LogP contribution in [0.15, 0.2) is 37.1 Å². The molecule has 1 aliphatic carbocycles. The van der Waals surface area contributed by atoms with E-state index in [-0.39, 0.29) is 17.3 Å². The van der Waals surface area contributed by atoms with Crippen molar-refractivity contribution in [3.8, 4) is 0 Å². The van der Waals surface area contributed by atoms with Crippen LogP contribution >= 0.6 is 0 Å². The van der Waals surface area contributed by atoms with Gasteiger partial charge in [-0.1, -0.05) is 0 Å². The Balaban J connectivity index is 1.66. The van der Waals surface area contributed by atoms with Gasteiger partial charge in [-0.05, 0) is 25.0 Å². The zero-order valence-electron chi connectivity index (χ0n) is 18.8. The van der Waals surface area contributed by atoms with E-state index in [2.05, 4.69) is 30.7 Å². The standard InChI is InChI=1S/C22H26N8O3/c1-29(2)22(32)20-18(12-25-30(20)8-9-33-3)28-21(31)19-17(26-15-10-23-13-24-11-15)7-6-16(27-19)14-4-5-14/h6-7,10-14,26H,4-5,8-9H2,1-3H3,(H,28,31). The molecule has 11 nitrogen and oxygen atoms in total. The number of rotatable bonds is 9. The summed E-state index contributed by atoms with van der Waals surface area (Å²) in [6.45, 7) is 0.749. The number of hydrogen-bond donors (Lipinski definition) is 2. The van der Waals surface area contributed by atoms with Crippen molar-refractivity contribution >= 4 is 28.9 Å². The minimum Gasteiger partial charge on any atom is -0.383 e. The van der Waals surface area contributed by atoms with Crippen LogP contribution in [0.3, 0.4) is 0 Å². The predicted octanol–water partition coefficient (Wildman–Crippen LogP) is 2.29. The van der Waals surface area contributed by atoms with E-state index < -0.39 is 5.91 Å². The van der Waals surface area contributed by atoms with E-state index in [4.69, 9.17) is 4.74 Å². The fourth-order valence-corrected chi connectivity index (χ4v) is 3.32. The Labute approximate surface area is 191 Å². The number of pyridine rings is 1. The molecule has 0 aliphatic heterocycles. The highest BCUT2D eigenvalue weighted by atomic mass is 16.5. The molecule has 1 saturated carbocycles. The zero-order chi connectivity index (χ0) is 23.4. The first-order valence-corrected chi connectivity index (χ1v) is 10.6. The summed E-state index contributed by atoms with van der Waals surface area (Å²) in [7, 11) is 4.86. The lowest BCUT2D eigenvalue weighted by Gasteiger charge is -2.15. The maximum atomic E-state index is 13.4. The van der Waals surface area contributed by atoms with E-state index in [1.54, 1.807) is 33.6 Å². The summed E-state index contributed by atoms with van der Waals surface area (Å²) in [4.78, 5) is 40.2. The molecule has 172 valence electrons. The third kappa shape index (κ3) is 5.14. The van der Waals surface area contributed by atoms with Gasteiger partial charge in [-0.25, -0.2) is 15.0 Å². The first-order chi connectivity index (χ1) is 16.0. The molecule has 0 spiro atoms. The number of nitrogens with zero attached hydrogens (tertiary/aromatic N) is 6. The number of ether oxygens (including phenoxy) is 1. The van der Waals surface area contributed by atoms with Crippen molar-refractivity contribution < 1.29 is 14.3 Å². The van der Waals surface area contributed by atoms with Crippen LogP contribution in [-0.4, -0.2) is 69.3 Å². The quantitative estimate of drug-likeness (QED) is 0.508. The van der Waals surface area contributed by atoms with Gasteiger partial charge < -0.3 is 20.3 Å². The SMILES string of the molecule is COCCn1ncc(NC(=O)c2nc(C3CC3)ccc2Nc2cncnc2)c1C(=O)N(C)C. The second kappa shape index (κ2) is 9.74. The molecule has 1 fully saturated rings. The smallest absolute Gasteiger partial charge is 0.276 e. The Kier molecular flexibility index (Phi) is 6.59. The number of methoxy groups -OCH3 is 1. The molecule has 0 saturated heterocycles. The molecular formula is C22H26N8O3. The van der Waals surface area contributed by atoms with Crippen LogP contribution in [0.1, 0.15) is 45.4 Å². The van der Waals surface area contributed by atoms with Gasteiger partial charge in [-0.15, -0.1) is 0 Å². The molecule has 11 heteroatoms. The summed E-state index contributed by atoms with van der Waals surface area (Å²) in [5, 5.41) is 10.3. The van der Waals surface area contributed by atoms with Crippen LogP contribution in [0, 0.1) is 0 Å². The molecule has 2 N–H and O–H groups in total. The molecular weight excluding hydrogens is 424 g/mol. The van der Waals surface area contributed by atoms with Gasteiger partial charge in [0.2, 0.25) is 0 Å². The van der Waals surface area contributed by atoms with Crippen LogP contribution in [0.25, 0.3) is 0 Å². The second-order valence-electron chi connectivity index (χ2n) is 7.94. The Morgan fingerprint density at radius 1 is 1.15 bits per heavy atom. The van der Waals surface area contributed by atoms with Crippen molar-refractivity contribution in [1.82, 2.24) is 29.6 Å². The van der Waals surface area contributed by atoms with Crippen LogP contribution in [0.5, 0.6) is 0 Å². The molecule has 0 radical (unpaired) electrons. The summed E-state index contributed by atoms with van der Waals surface area (Å²) in [6, 6.07) is 3.75. The zero-order valence-corrected chi connectivity index (χ0v) is 18.8. The van der Waals surface area contributed by atoms with E-state index >= 15 is 0 Å². The lowest BCUT2D eigenvalue weighted by atomic mass is 10.2. The highest BCUT2D eigenvalue weighted by Gasteiger charge is 2.28. The van der Waals surface area contributed by atoms with E-state index in [0.717, 1.165) is 18.5 Å². The minimum absolute atomic E-state index is 0.219. The molecule has 2 amide bonds. The first kappa shape index (κ1) is 22.3. The van der Waals surface area contributed by atoms with Gasteiger partial charge in [-0.2, -0.15) is 5.10 Å². The van der Waals surface area contributed by atoms with Crippen LogP contribution in [-0.2, 0) is 11.3 Å². The molecule has 33 heavy (non-hydrogen) atoms. The summed E-state index contributed by atoms with van der Waals surface area (Å²) >= 11 is 0. The summed E-state index contributed by atoms with van der Waals surface area (Å²) < 4.78 is 6.64. The largest absolute Gasteiger partial charge is 0.383 e. The highest BCUT2D eigenvalue weighted by molar-refractivity contribution is 6.10. The average molecular weight is 451 g/mol. The monoisotopic (exact) mass is 450 g/mol. The molecule has 0 unspecified atom stereocenters. The van der Waals surface area contributed by atoms with E-state index in [9.17, 15) is 9.59 Å². The van der Waals surface area contributed by atoms with Gasteiger partial charge >= 0.3 is 0 Å². The molecule has 0 aromatic carbocycles. The highest BCUT2D eigenvalue weighted by Crippen LogP contribution is 2.39. The Bertz CT molecular complexity index is 1140. The second-order valence-corrected chi connectivity index (χ2v) is 7.94. The number of carbonyl (C=O) groups excluding carboxylic acids is 2. The van der Waals surface area contributed by atoms with Gasteiger partial charge in [0.1, 0.15) is 12.0 Å². The number of hydrogen-bond acceptors (Lipinski definition) is 8. The maximum absolute atomic E-state index is 13.4. The van der Waals surface area contributed by atoms with Crippen molar-refractivity contribution in [1.29, 1.82) is 0 Å². The topological polar surface area (TPSA) is 127 Å². The normalized spacial score (nSPS) is 12.9. The predicted molar refractivity (Wildman–Crippen MR) is 122 cm³/mol. The minimum atomic E-state index is -0.448. The molecule has 0 atom stereocenters. The first-order valence-electron chi connectivity index (χ1n) is 10.6. The molecule has 3 aromatic rings. The number of carbonyl (C=O) groups is 2. The van der Waals surface area contributed by atoms with Crippen LogP contribution in [0.4, 0.5) is 17.1 Å². The molecule has 4 rings (SSSR count). The fourth-order valence-electron chi connectivity index (χ4n) is 3.32. The van der Waals surface area contributed by atoms with Crippen molar-refractivity contribution in [2.75, 3.05) is 38.4 Å². The van der Waals surface area contributed by atoms with Crippen LogP contribution < -0.4 is 10.6 Å². The molecule has 3 heterocycles. The van der Waals surface area contributed by atoms with E-state index in [1.807, 2.05) is 12.1 Å². The fraction of sp³-hybridized carbons (Fsp3) is 0.364. The maximum Gasteiger partial charge on any atom is 0.276 e. The van der Waals surface area contributed by atoms with E-state index in [1.165, 1.54) is 22.1 Å². The number of amides is 2.